The van der Waals surface area contributed by atoms with Crippen molar-refractivity contribution in [2.75, 3.05) is 26.7 Å². The predicted octanol–water partition coefficient (Wildman–Crippen LogP) is 4.26. The fraction of sp³-hybridized carbons (Fsp3) is 0.545. The van der Waals surface area contributed by atoms with Crippen molar-refractivity contribution in [3.8, 4) is 0 Å². The highest BCUT2D eigenvalue weighted by Crippen LogP contribution is 2.20. The van der Waals surface area contributed by atoms with Crippen molar-refractivity contribution in [2.24, 2.45) is 0 Å². The summed E-state index contributed by atoms with van der Waals surface area (Å²) in [5.74, 6) is 0.000954. The van der Waals surface area contributed by atoms with Gasteiger partial charge in [-0.3, -0.25) is 4.79 Å². The molecule has 4 nitrogen and oxygen atoms in total. The van der Waals surface area contributed by atoms with Gasteiger partial charge in [0.15, 0.2) is 0 Å². The van der Waals surface area contributed by atoms with Gasteiger partial charge in [0.05, 0.1) is 10.7 Å². The Hall–Kier alpha value is -1.72. The maximum absolute atomic E-state index is 12.4. The lowest BCUT2D eigenvalue weighted by atomic mass is 10.0. The normalized spacial score (nSPS) is 11.1. The second-order valence-electron chi connectivity index (χ2n) is 7.09. The van der Waals surface area contributed by atoms with Crippen LogP contribution in [0.15, 0.2) is 24.3 Å². The number of amides is 1. The highest BCUT2D eigenvalue weighted by Gasteiger charge is 2.15. The summed E-state index contributed by atoms with van der Waals surface area (Å²) in [5.41, 5.74) is 3.58. The topological polar surface area (TPSA) is 45.2 Å². The van der Waals surface area contributed by atoms with Crippen molar-refractivity contribution >= 4 is 17.2 Å². The van der Waals surface area contributed by atoms with Crippen LogP contribution in [0, 0.1) is 6.92 Å². The van der Waals surface area contributed by atoms with E-state index in [9.17, 15) is 4.79 Å². The second kappa shape index (κ2) is 11.2. The Morgan fingerprint density at radius 3 is 2.41 bits per heavy atom. The Bertz CT molecular complexity index is 709. The summed E-state index contributed by atoms with van der Waals surface area (Å²) in [6.45, 7) is 8.78. The summed E-state index contributed by atoms with van der Waals surface area (Å²) in [5, 5.41) is 4.05. The fourth-order valence-electron chi connectivity index (χ4n) is 2.87. The number of rotatable bonds is 11. The maximum atomic E-state index is 12.4. The van der Waals surface area contributed by atoms with E-state index in [2.05, 4.69) is 60.4 Å². The smallest absolute Gasteiger partial charge is 0.263 e. The molecule has 148 valence electrons. The molecule has 0 aliphatic heterocycles. The van der Waals surface area contributed by atoms with Crippen molar-refractivity contribution in [3.63, 3.8) is 0 Å². The molecule has 0 saturated heterocycles. The molecule has 0 fully saturated rings. The van der Waals surface area contributed by atoms with Crippen molar-refractivity contribution in [1.82, 2.24) is 15.2 Å². The molecule has 0 radical (unpaired) electrons. The van der Waals surface area contributed by atoms with Gasteiger partial charge in [-0.15, -0.1) is 11.3 Å². The minimum absolute atomic E-state index is 0.000954. The number of unbranched alkanes of at least 4 members (excludes halogenated alkanes) is 1. The molecular weight excluding hydrogens is 354 g/mol. The summed E-state index contributed by atoms with van der Waals surface area (Å²) >= 11 is 1.53. The van der Waals surface area contributed by atoms with Gasteiger partial charge in [0.1, 0.15) is 4.88 Å². The molecule has 5 heteroatoms. The zero-order valence-electron chi connectivity index (χ0n) is 17.2. The van der Waals surface area contributed by atoms with E-state index in [0.29, 0.717) is 6.54 Å². The van der Waals surface area contributed by atoms with Crippen LogP contribution in [0.25, 0.3) is 0 Å². The molecule has 0 aliphatic carbocycles. The average molecular weight is 388 g/mol. The molecule has 0 bridgehead atoms. The first-order valence-electron chi connectivity index (χ1n) is 10.0. The van der Waals surface area contributed by atoms with Gasteiger partial charge in [0.25, 0.3) is 5.91 Å². The van der Waals surface area contributed by atoms with Crippen molar-refractivity contribution < 1.29 is 4.79 Å². The van der Waals surface area contributed by atoms with E-state index in [0.717, 1.165) is 47.9 Å². The molecule has 0 unspecified atom stereocenters. The number of aromatic nitrogens is 1. The zero-order chi connectivity index (χ0) is 19.6. The molecule has 2 rings (SSSR count). The molecule has 1 heterocycles. The first-order chi connectivity index (χ1) is 13.0. The molecule has 0 spiro atoms. The van der Waals surface area contributed by atoms with Crippen LogP contribution in [0.4, 0.5) is 0 Å². The van der Waals surface area contributed by atoms with Crippen LogP contribution in [-0.2, 0) is 19.3 Å². The third-order valence-corrected chi connectivity index (χ3v) is 6.05. The molecule has 2 aromatic rings. The Morgan fingerprint density at radius 1 is 1.11 bits per heavy atom. The molecule has 1 amide bonds. The molecule has 1 N–H and O–H groups in total. The van der Waals surface area contributed by atoms with E-state index >= 15 is 0 Å². The van der Waals surface area contributed by atoms with E-state index < -0.39 is 0 Å². The van der Waals surface area contributed by atoms with E-state index in [1.807, 2.05) is 6.92 Å². The van der Waals surface area contributed by atoms with Crippen molar-refractivity contribution in [2.45, 2.75) is 52.9 Å². The van der Waals surface area contributed by atoms with Gasteiger partial charge in [-0.05, 0) is 50.9 Å². The van der Waals surface area contributed by atoms with Crippen LogP contribution >= 0.6 is 11.3 Å². The summed E-state index contributed by atoms with van der Waals surface area (Å²) in [7, 11) is 2.05. The molecular formula is C22H33N3OS. The number of nitrogens with zero attached hydrogens (tertiary/aromatic N) is 2. The quantitative estimate of drug-likeness (QED) is 0.626. The summed E-state index contributed by atoms with van der Waals surface area (Å²) < 4.78 is 0. The lowest BCUT2D eigenvalue weighted by Gasteiger charge is -2.13. The minimum Gasteiger partial charge on any atom is -0.350 e. The van der Waals surface area contributed by atoms with Gasteiger partial charge in [-0.1, -0.05) is 44.5 Å². The van der Waals surface area contributed by atoms with Gasteiger partial charge < -0.3 is 10.2 Å². The number of carbonyl (C=O) groups excluding carboxylic acids is 1. The third kappa shape index (κ3) is 7.07. The zero-order valence-corrected chi connectivity index (χ0v) is 18.0. The Morgan fingerprint density at radius 2 is 1.78 bits per heavy atom. The van der Waals surface area contributed by atoms with E-state index in [1.54, 1.807) is 0 Å². The summed E-state index contributed by atoms with van der Waals surface area (Å²) in [4.78, 5) is 19.9. The second-order valence-corrected chi connectivity index (χ2v) is 8.18. The van der Waals surface area contributed by atoms with Crippen LogP contribution in [-0.4, -0.2) is 42.5 Å². The van der Waals surface area contributed by atoms with Crippen LogP contribution in [0.5, 0.6) is 0 Å². The Kier molecular flexibility index (Phi) is 8.95. The molecule has 0 aliphatic rings. The number of carbonyl (C=O) groups is 1. The number of hydrogen-bond donors (Lipinski definition) is 1. The molecule has 0 saturated carbocycles. The van der Waals surface area contributed by atoms with E-state index in [4.69, 9.17) is 0 Å². The molecule has 27 heavy (non-hydrogen) atoms. The molecule has 1 aromatic heterocycles. The largest absolute Gasteiger partial charge is 0.350 e. The van der Waals surface area contributed by atoms with Crippen molar-refractivity contribution in [3.05, 3.63) is 51.0 Å². The maximum Gasteiger partial charge on any atom is 0.263 e. The summed E-state index contributed by atoms with van der Waals surface area (Å²) in [6.07, 6.45) is 5.48. The van der Waals surface area contributed by atoms with Gasteiger partial charge in [0.2, 0.25) is 0 Å². The predicted molar refractivity (Wildman–Crippen MR) is 115 cm³/mol. The first-order valence-corrected chi connectivity index (χ1v) is 10.9. The average Bonchev–Trinajstić information content (AvgIpc) is 3.06. The minimum atomic E-state index is 0.000954. The van der Waals surface area contributed by atoms with Gasteiger partial charge in [-0.25, -0.2) is 4.98 Å². The van der Waals surface area contributed by atoms with Crippen LogP contribution in [0.3, 0.4) is 0 Å². The SMILES string of the molecule is CCCCc1ccc(CCc2nc(C)c(C(=O)NCCN(C)CC)s2)cc1. The van der Waals surface area contributed by atoms with Crippen LogP contribution in [0.1, 0.15) is 58.2 Å². The molecule has 1 aromatic carbocycles. The Balaban J connectivity index is 1.85. The van der Waals surface area contributed by atoms with Crippen LogP contribution in [0.2, 0.25) is 0 Å². The first kappa shape index (κ1) is 21.6. The Labute approximate surface area is 168 Å². The molecule has 0 atom stereocenters. The fourth-order valence-corrected chi connectivity index (χ4v) is 3.85. The number of nitrogens with one attached hydrogen (secondary N) is 1. The van der Waals surface area contributed by atoms with Gasteiger partial charge >= 0.3 is 0 Å². The number of likely N-dealkylation sites (N-methyl/N-ethyl adjacent to an activating group) is 1. The number of aryl methyl sites for hydroxylation is 4. The lowest BCUT2D eigenvalue weighted by Crippen LogP contribution is -2.32. The summed E-state index contributed by atoms with van der Waals surface area (Å²) in [6, 6.07) is 8.93. The highest BCUT2D eigenvalue weighted by molar-refractivity contribution is 7.13. The van der Waals surface area contributed by atoms with Crippen LogP contribution < -0.4 is 5.32 Å². The van der Waals surface area contributed by atoms with E-state index in [1.165, 1.54) is 35.3 Å². The van der Waals surface area contributed by atoms with Gasteiger partial charge in [-0.2, -0.15) is 0 Å². The number of benzene rings is 1. The van der Waals surface area contributed by atoms with E-state index in [-0.39, 0.29) is 5.91 Å². The number of thiazole rings is 1. The number of hydrogen-bond acceptors (Lipinski definition) is 4. The lowest BCUT2D eigenvalue weighted by molar-refractivity contribution is 0.0953. The monoisotopic (exact) mass is 387 g/mol. The highest BCUT2D eigenvalue weighted by atomic mass is 32.1. The van der Waals surface area contributed by atoms with Gasteiger partial charge in [0, 0.05) is 19.5 Å². The third-order valence-electron chi connectivity index (χ3n) is 4.84. The standard InChI is InChI=1S/C22H33N3OS/c1-5-7-8-18-9-11-19(12-10-18)13-14-20-24-17(3)21(27-20)22(26)23-15-16-25(4)6-2/h9-12H,5-8,13-16H2,1-4H3,(H,23,26). The van der Waals surface area contributed by atoms with Crippen molar-refractivity contribution in [1.29, 1.82) is 0 Å².